The van der Waals surface area contributed by atoms with Gasteiger partial charge in [0.2, 0.25) is 0 Å². The number of benzene rings is 5. The van der Waals surface area contributed by atoms with Gasteiger partial charge < -0.3 is 4.74 Å². The Morgan fingerprint density at radius 1 is 0.575 bits per heavy atom. The second kappa shape index (κ2) is 10.9. The van der Waals surface area contributed by atoms with Gasteiger partial charge >= 0.3 is 5.97 Å². The van der Waals surface area contributed by atoms with Crippen LogP contribution in [0.1, 0.15) is 27.0 Å². The fourth-order valence-corrected chi connectivity index (χ4v) is 5.35. The second-order valence-electron chi connectivity index (χ2n) is 9.60. The van der Waals surface area contributed by atoms with E-state index in [0.29, 0.717) is 5.56 Å². The number of rotatable bonds is 7. The number of hydrogen-bond donors (Lipinski definition) is 0. The highest BCUT2D eigenvalue weighted by Crippen LogP contribution is 2.41. The van der Waals surface area contributed by atoms with Crippen molar-refractivity contribution in [3.8, 4) is 22.4 Å². The Bertz CT molecular complexity index is 1610. The Labute approximate surface area is 234 Å². The lowest BCUT2D eigenvalue weighted by atomic mass is 9.77. The highest BCUT2D eigenvalue weighted by molar-refractivity contribution is 5.90. The molecule has 0 saturated heterocycles. The molecule has 0 bridgehead atoms. The Hall–Kier alpha value is -5.22. The molecule has 0 aliphatic carbocycles. The summed E-state index contributed by atoms with van der Waals surface area (Å²) in [5, 5.41) is 5.19. The van der Waals surface area contributed by atoms with Crippen molar-refractivity contribution in [2.24, 2.45) is 0 Å². The van der Waals surface area contributed by atoms with Crippen molar-refractivity contribution in [3.63, 3.8) is 0 Å². The van der Waals surface area contributed by atoms with E-state index in [0.717, 1.165) is 39.1 Å². The zero-order valence-electron chi connectivity index (χ0n) is 22.1. The van der Waals surface area contributed by atoms with E-state index < -0.39 is 5.54 Å². The number of esters is 1. The first-order chi connectivity index (χ1) is 19.7. The lowest BCUT2D eigenvalue weighted by Crippen LogP contribution is -2.38. The maximum atomic E-state index is 11.8. The molecule has 1 heterocycles. The number of ether oxygens (including phenoxy) is 1. The van der Waals surface area contributed by atoms with Crippen LogP contribution in [0.5, 0.6) is 0 Å². The molecule has 1 aromatic heterocycles. The quantitative estimate of drug-likeness (QED) is 0.159. The maximum absolute atomic E-state index is 11.8. The molecule has 0 radical (unpaired) electrons. The number of nitrogens with zero attached hydrogens (tertiary/aromatic N) is 2. The van der Waals surface area contributed by atoms with Crippen molar-refractivity contribution in [3.05, 3.63) is 174 Å². The Kier molecular flexibility index (Phi) is 6.82. The van der Waals surface area contributed by atoms with Crippen LogP contribution >= 0.6 is 0 Å². The molecule has 0 aliphatic rings. The van der Waals surface area contributed by atoms with E-state index in [2.05, 4.69) is 114 Å². The second-order valence-corrected chi connectivity index (χ2v) is 9.60. The van der Waals surface area contributed by atoms with E-state index in [1.165, 1.54) is 7.11 Å². The smallest absolute Gasteiger partial charge is 0.337 e. The molecule has 0 N–H and O–H groups in total. The average Bonchev–Trinajstić information content (AvgIpc) is 3.53. The summed E-state index contributed by atoms with van der Waals surface area (Å²) in [4.78, 5) is 11.8. The fourth-order valence-electron chi connectivity index (χ4n) is 5.35. The van der Waals surface area contributed by atoms with E-state index in [1.54, 1.807) is 12.1 Å². The normalized spacial score (nSPS) is 11.2. The van der Waals surface area contributed by atoms with Gasteiger partial charge in [-0.3, -0.25) is 4.68 Å². The van der Waals surface area contributed by atoms with E-state index in [1.807, 2.05) is 30.3 Å². The van der Waals surface area contributed by atoms with Crippen molar-refractivity contribution < 1.29 is 9.53 Å². The molecule has 0 aliphatic heterocycles. The molecule has 0 amide bonds. The van der Waals surface area contributed by atoms with Gasteiger partial charge in [-0.15, -0.1) is 0 Å². The summed E-state index contributed by atoms with van der Waals surface area (Å²) in [6.07, 6.45) is 2.07. The molecular weight excluding hydrogens is 492 g/mol. The van der Waals surface area contributed by atoms with Crippen molar-refractivity contribution >= 4 is 5.97 Å². The molecule has 194 valence electrons. The Balaban J connectivity index is 1.42. The van der Waals surface area contributed by atoms with Crippen molar-refractivity contribution in [2.75, 3.05) is 7.11 Å². The van der Waals surface area contributed by atoms with Gasteiger partial charge in [-0.1, -0.05) is 127 Å². The van der Waals surface area contributed by atoms with E-state index in [-0.39, 0.29) is 5.97 Å². The van der Waals surface area contributed by atoms with E-state index in [9.17, 15) is 4.79 Å². The lowest BCUT2D eigenvalue weighted by molar-refractivity contribution is 0.0600. The zero-order valence-corrected chi connectivity index (χ0v) is 22.1. The first-order valence-corrected chi connectivity index (χ1v) is 13.2. The Morgan fingerprint density at radius 3 is 1.45 bits per heavy atom. The molecule has 6 aromatic rings. The summed E-state index contributed by atoms with van der Waals surface area (Å²) >= 11 is 0. The van der Waals surface area contributed by atoms with Gasteiger partial charge in [0.25, 0.3) is 0 Å². The number of methoxy groups -OCH3 is 1. The molecule has 4 nitrogen and oxygen atoms in total. The highest BCUT2D eigenvalue weighted by Gasteiger charge is 2.39. The van der Waals surface area contributed by atoms with Gasteiger partial charge in [0, 0.05) is 11.8 Å². The van der Waals surface area contributed by atoms with Crippen LogP contribution in [0.2, 0.25) is 0 Å². The van der Waals surface area contributed by atoms with Gasteiger partial charge in [-0.05, 0) is 46.0 Å². The average molecular weight is 521 g/mol. The van der Waals surface area contributed by atoms with E-state index >= 15 is 0 Å². The van der Waals surface area contributed by atoms with Crippen LogP contribution in [0, 0.1) is 0 Å². The van der Waals surface area contributed by atoms with Crippen LogP contribution in [-0.4, -0.2) is 22.9 Å². The van der Waals surface area contributed by atoms with Gasteiger partial charge in [0.05, 0.1) is 18.4 Å². The van der Waals surface area contributed by atoms with Gasteiger partial charge in [0.1, 0.15) is 5.54 Å². The maximum Gasteiger partial charge on any atom is 0.337 e. The topological polar surface area (TPSA) is 44.1 Å². The Morgan fingerprint density at radius 2 is 1.00 bits per heavy atom. The van der Waals surface area contributed by atoms with Gasteiger partial charge in [-0.2, -0.15) is 5.10 Å². The number of hydrogen-bond acceptors (Lipinski definition) is 3. The third-order valence-corrected chi connectivity index (χ3v) is 7.33. The van der Waals surface area contributed by atoms with Crippen molar-refractivity contribution in [1.29, 1.82) is 0 Å². The molecule has 0 atom stereocenters. The molecule has 6 rings (SSSR count). The summed E-state index contributed by atoms with van der Waals surface area (Å²) in [6, 6.07) is 49.5. The minimum absolute atomic E-state index is 0.338. The summed E-state index contributed by atoms with van der Waals surface area (Å²) in [7, 11) is 1.39. The van der Waals surface area contributed by atoms with Crippen LogP contribution in [0.25, 0.3) is 22.4 Å². The minimum atomic E-state index is -0.649. The molecule has 40 heavy (non-hydrogen) atoms. The van der Waals surface area contributed by atoms with Crippen LogP contribution in [0.4, 0.5) is 0 Å². The van der Waals surface area contributed by atoms with E-state index in [4.69, 9.17) is 9.84 Å². The molecule has 5 aromatic carbocycles. The van der Waals surface area contributed by atoms with Crippen molar-refractivity contribution in [2.45, 2.75) is 5.54 Å². The largest absolute Gasteiger partial charge is 0.465 e. The summed E-state index contributed by atoms with van der Waals surface area (Å²) in [5.74, 6) is -0.338. The minimum Gasteiger partial charge on any atom is -0.465 e. The first-order valence-electron chi connectivity index (χ1n) is 13.2. The molecule has 0 saturated carbocycles. The standard InChI is InChI=1S/C36H28N2O2/c1-40-35(39)30-23-19-28(20-24-30)27-17-21-29(22-18-27)34-25-26-38(37-34)36(31-11-5-2-6-12-31,32-13-7-3-8-14-32)33-15-9-4-10-16-33/h2-26H,1H3. The van der Waals surface area contributed by atoms with Crippen LogP contribution in [0.3, 0.4) is 0 Å². The predicted molar refractivity (Wildman–Crippen MR) is 159 cm³/mol. The third kappa shape index (κ3) is 4.50. The molecule has 0 fully saturated rings. The van der Waals surface area contributed by atoms with Gasteiger partial charge in [0.15, 0.2) is 0 Å². The number of carbonyl (C=O) groups excluding carboxylic acids is 1. The summed E-state index contributed by atoms with van der Waals surface area (Å²) < 4.78 is 6.89. The fraction of sp³-hybridized carbons (Fsp3) is 0.0556. The monoisotopic (exact) mass is 520 g/mol. The molecule has 0 spiro atoms. The van der Waals surface area contributed by atoms with Crippen LogP contribution < -0.4 is 0 Å². The zero-order chi connectivity index (χ0) is 27.4. The van der Waals surface area contributed by atoms with Crippen LogP contribution in [0.15, 0.2) is 152 Å². The summed E-state index contributed by atoms with van der Waals surface area (Å²) in [6.45, 7) is 0. The first kappa shape index (κ1) is 25.1. The molecular formula is C36H28N2O2. The SMILES string of the molecule is COC(=O)c1ccc(-c2ccc(-c3ccn(C(c4ccccc4)(c4ccccc4)c4ccccc4)n3)cc2)cc1. The predicted octanol–water partition coefficient (Wildman–Crippen LogP) is 7.84. The lowest BCUT2D eigenvalue weighted by Gasteiger charge is -2.36. The van der Waals surface area contributed by atoms with Crippen molar-refractivity contribution in [1.82, 2.24) is 9.78 Å². The van der Waals surface area contributed by atoms with Crippen LogP contribution in [-0.2, 0) is 10.3 Å². The molecule has 0 unspecified atom stereocenters. The third-order valence-electron chi connectivity index (χ3n) is 7.33. The number of carbonyl (C=O) groups is 1. The van der Waals surface area contributed by atoms with Gasteiger partial charge in [-0.25, -0.2) is 4.79 Å². The highest BCUT2D eigenvalue weighted by atomic mass is 16.5. The summed E-state index contributed by atoms with van der Waals surface area (Å²) in [5.41, 5.74) is 7.29. The number of aromatic nitrogens is 2. The molecule has 4 heteroatoms.